The van der Waals surface area contributed by atoms with Gasteiger partial charge in [0.15, 0.2) is 0 Å². The van der Waals surface area contributed by atoms with Gasteiger partial charge in [-0.2, -0.15) is 5.10 Å². The molecular weight excluding hydrogens is 252 g/mol. The molecule has 0 atom stereocenters. The van der Waals surface area contributed by atoms with E-state index in [9.17, 15) is 4.79 Å². The molecule has 5 heteroatoms. The number of rotatable bonds is 3. The van der Waals surface area contributed by atoms with Crippen LogP contribution in [0.15, 0.2) is 21.9 Å². The minimum atomic E-state index is -0.0482. The number of carbonyl (C=O) groups excluding carboxylic acids is 1. The molecule has 0 unspecified atom stereocenters. The van der Waals surface area contributed by atoms with Crippen LogP contribution in [0.5, 0.6) is 0 Å². The highest BCUT2D eigenvalue weighted by molar-refractivity contribution is 5.94. The number of hydrazone groups is 1. The number of amidine groups is 1. The lowest BCUT2D eigenvalue weighted by molar-refractivity contribution is -0.130. The molecular formula is C15H24N4O. The number of aliphatic imine (C=N–C) groups is 1. The normalized spacial score (nSPS) is 22.0. The first-order valence-corrected chi connectivity index (χ1v) is 7.36. The first-order chi connectivity index (χ1) is 9.60. The SMILES string of the molecule is C=N/C(C)=N\N1CN(CC2CCCCC2)C=C(C)C1=O. The van der Waals surface area contributed by atoms with Gasteiger partial charge in [-0.15, -0.1) is 0 Å². The highest BCUT2D eigenvalue weighted by atomic mass is 16.2. The van der Waals surface area contributed by atoms with Crippen molar-refractivity contribution >= 4 is 18.5 Å². The third kappa shape index (κ3) is 3.68. The molecule has 5 nitrogen and oxygen atoms in total. The van der Waals surface area contributed by atoms with E-state index in [1.165, 1.54) is 37.1 Å². The van der Waals surface area contributed by atoms with E-state index in [0.717, 1.165) is 18.0 Å². The van der Waals surface area contributed by atoms with Gasteiger partial charge in [-0.25, -0.2) is 10.0 Å². The summed E-state index contributed by atoms with van der Waals surface area (Å²) in [4.78, 5) is 18.0. The highest BCUT2D eigenvalue weighted by Gasteiger charge is 2.25. The quantitative estimate of drug-likeness (QED) is 0.587. The van der Waals surface area contributed by atoms with Gasteiger partial charge in [0.2, 0.25) is 0 Å². The molecule has 1 heterocycles. The smallest absolute Gasteiger partial charge is 0.272 e. The van der Waals surface area contributed by atoms with Crippen molar-refractivity contribution in [3.8, 4) is 0 Å². The van der Waals surface area contributed by atoms with Crippen LogP contribution in [0.2, 0.25) is 0 Å². The Kier molecular flexibility index (Phi) is 4.93. The fourth-order valence-corrected chi connectivity index (χ4v) is 2.90. The van der Waals surface area contributed by atoms with Crippen LogP contribution in [0.3, 0.4) is 0 Å². The second-order valence-electron chi connectivity index (χ2n) is 5.74. The molecule has 2 rings (SSSR count). The third-order valence-electron chi connectivity index (χ3n) is 3.98. The molecule has 110 valence electrons. The topological polar surface area (TPSA) is 48.3 Å². The number of carbonyl (C=O) groups is 1. The van der Waals surface area contributed by atoms with Crippen molar-refractivity contribution in [3.05, 3.63) is 11.8 Å². The fourth-order valence-electron chi connectivity index (χ4n) is 2.90. The Labute approximate surface area is 121 Å². The summed E-state index contributed by atoms with van der Waals surface area (Å²) in [5, 5.41) is 5.71. The summed E-state index contributed by atoms with van der Waals surface area (Å²) in [6.45, 7) is 8.55. The second kappa shape index (κ2) is 6.68. The predicted molar refractivity (Wildman–Crippen MR) is 81.4 cm³/mol. The molecule has 2 aliphatic rings. The molecule has 1 saturated carbocycles. The van der Waals surface area contributed by atoms with Gasteiger partial charge in [0.25, 0.3) is 5.91 Å². The molecule has 20 heavy (non-hydrogen) atoms. The molecule has 1 aliphatic carbocycles. The summed E-state index contributed by atoms with van der Waals surface area (Å²) in [5.41, 5.74) is 0.729. The van der Waals surface area contributed by atoms with Gasteiger partial charge in [-0.05, 0) is 39.3 Å². The summed E-state index contributed by atoms with van der Waals surface area (Å²) in [7, 11) is 0. The molecule has 1 fully saturated rings. The van der Waals surface area contributed by atoms with Crippen molar-refractivity contribution in [2.75, 3.05) is 13.2 Å². The fraction of sp³-hybridized carbons (Fsp3) is 0.667. The first kappa shape index (κ1) is 14.8. The maximum absolute atomic E-state index is 12.1. The zero-order valence-electron chi connectivity index (χ0n) is 12.5. The van der Waals surface area contributed by atoms with Crippen LogP contribution in [0.1, 0.15) is 46.0 Å². The summed E-state index contributed by atoms with van der Waals surface area (Å²) < 4.78 is 0. The van der Waals surface area contributed by atoms with Crippen LogP contribution in [0.25, 0.3) is 0 Å². The Morgan fingerprint density at radius 1 is 1.40 bits per heavy atom. The average Bonchev–Trinajstić information content (AvgIpc) is 2.45. The van der Waals surface area contributed by atoms with Gasteiger partial charge in [0, 0.05) is 18.3 Å². The van der Waals surface area contributed by atoms with Crippen molar-refractivity contribution < 1.29 is 4.79 Å². The summed E-state index contributed by atoms with van der Waals surface area (Å²) in [5.74, 6) is 1.21. The maximum Gasteiger partial charge on any atom is 0.272 e. The second-order valence-corrected chi connectivity index (χ2v) is 5.74. The Morgan fingerprint density at radius 3 is 2.75 bits per heavy atom. The highest BCUT2D eigenvalue weighted by Crippen LogP contribution is 2.25. The third-order valence-corrected chi connectivity index (χ3v) is 3.98. The lowest BCUT2D eigenvalue weighted by Gasteiger charge is -2.35. The van der Waals surface area contributed by atoms with Crippen LogP contribution in [-0.4, -0.2) is 41.6 Å². The van der Waals surface area contributed by atoms with E-state index in [0.29, 0.717) is 12.5 Å². The predicted octanol–water partition coefficient (Wildman–Crippen LogP) is 2.61. The molecule has 1 amide bonds. The molecule has 0 spiro atoms. The molecule has 0 aromatic heterocycles. The molecule has 0 bridgehead atoms. The van der Waals surface area contributed by atoms with E-state index in [2.05, 4.69) is 21.7 Å². The lowest BCUT2D eigenvalue weighted by atomic mass is 9.89. The minimum absolute atomic E-state index is 0.0482. The van der Waals surface area contributed by atoms with E-state index in [1.807, 2.05) is 13.1 Å². The molecule has 0 aromatic carbocycles. The van der Waals surface area contributed by atoms with Crippen molar-refractivity contribution in [2.45, 2.75) is 46.0 Å². The molecule has 0 saturated heterocycles. The van der Waals surface area contributed by atoms with E-state index in [1.54, 1.807) is 6.92 Å². The number of hydrogen-bond acceptors (Lipinski definition) is 3. The number of nitrogens with zero attached hydrogens (tertiary/aromatic N) is 4. The van der Waals surface area contributed by atoms with Crippen molar-refractivity contribution in [2.24, 2.45) is 16.0 Å². The van der Waals surface area contributed by atoms with Crippen molar-refractivity contribution in [1.29, 1.82) is 0 Å². The zero-order valence-corrected chi connectivity index (χ0v) is 12.5. The lowest BCUT2D eigenvalue weighted by Crippen LogP contribution is -2.43. The first-order valence-electron chi connectivity index (χ1n) is 7.36. The van der Waals surface area contributed by atoms with E-state index < -0.39 is 0 Å². The minimum Gasteiger partial charge on any atom is -0.357 e. The van der Waals surface area contributed by atoms with Gasteiger partial charge in [0.05, 0.1) is 0 Å². The van der Waals surface area contributed by atoms with Gasteiger partial charge < -0.3 is 4.90 Å². The van der Waals surface area contributed by atoms with Crippen molar-refractivity contribution in [3.63, 3.8) is 0 Å². The Hall–Kier alpha value is -1.65. The average molecular weight is 276 g/mol. The zero-order chi connectivity index (χ0) is 14.5. The molecule has 1 aliphatic heterocycles. The maximum atomic E-state index is 12.1. The van der Waals surface area contributed by atoms with Crippen molar-refractivity contribution in [1.82, 2.24) is 9.91 Å². The van der Waals surface area contributed by atoms with Crippen LogP contribution < -0.4 is 0 Å². The van der Waals surface area contributed by atoms with E-state index in [-0.39, 0.29) is 5.91 Å². The van der Waals surface area contributed by atoms with Gasteiger partial charge in [-0.1, -0.05) is 19.3 Å². The van der Waals surface area contributed by atoms with Gasteiger partial charge in [0.1, 0.15) is 12.5 Å². The number of amides is 1. The summed E-state index contributed by atoms with van der Waals surface area (Å²) in [6.07, 6.45) is 8.61. The molecule has 0 radical (unpaired) electrons. The van der Waals surface area contributed by atoms with Crippen LogP contribution in [0, 0.1) is 5.92 Å². The Balaban J connectivity index is 2.03. The largest absolute Gasteiger partial charge is 0.357 e. The van der Waals surface area contributed by atoms with E-state index >= 15 is 0 Å². The monoisotopic (exact) mass is 276 g/mol. The van der Waals surface area contributed by atoms with Crippen LogP contribution >= 0.6 is 0 Å². The molecule has 0 aromatic rings. The van der Waals surface area contributed by atoms with Gasteiger partial charge >= 0.3 is 0 Å². The Bertz CT molecular complexity index is 435. The van der Waals surface area contributed by atoms with Crippen LogP contribution in [0.4, 0.5) is 0 Å². The molecule has 0 N–H and O–H groups in total. The standard InChI is InChI=1S/C15H24N4O/c1-12-9-18(10-14-7-5-4-6-8-14)11-19(15(12)20)17-13(2)16-3/h9,14H,3-8,10-11H2,1-2H3/b17-13-. The number of hydrogen-bond donors (Lipinski definition) is 0. The summed E-state index contributed by atoms with van der Waals surface area (Å²) in [6, 6.07) is 0. The Morgan fingerprint density at radius 2 is 2.10 bits per heavy atom. The summed E-state index contributed by atoms with van der Waals surface area (Å²) >= 11 is 0. The van der Waals surface area contributed by atoms with Gasteiger partial charge in [-0.3, -0.25) is 4.79 Å². The van der Waals surface area contributed by atoms with Crippen LogP contribution in [-0.2, 0) is 4.79 Å². The van der Waals surface area contributed by atoms with E-state index in [4.69, 9.17) is 0 Å².